The molecule has 0 spiro atoms. The van der Waals surface area contributed by atoms with Gasteiger partial charge in [0.05, 0.1) is 6.61 Å². The van der Waals surface area contributed by atoms with E-state index >= 15 is 0 Å². The summed E-state index contributed by atoms with van der Waals surface area (Å²) in [7, 11) is 0. The van der Waals surface area contributed by atoms with E-state index in [0.29, 0.717) is 12.5 Å². The summed E-state index contributed by atoms with van der Waals surface area (Å²) in [6, 6.07) is 7.79. The number of aliphatic hydroxyl groups is 1. The summed E-state index contributed by atoms with van der Waals surface area (Å²) in [6.45, 7) is 2.99. The molecule has 3 heteroatoms. The number of hydrogen-bond acceptors (Lipinski definition) is 2. The Morgan fingerprint density at radius 2 is 2.27 bits per heavy atom. The highest BCUT2D eigenvalue weighted by Crippen LogP contribution is 2.18. The van der Waals surface area contributed by atoms with Crippen molar-refractivity contribution in [2.24, 2.45) is 5.92 Å². The lowest BCUT2D eigenvalue weighted by molar-refractivity contribution is 0.188. The molecule has 0 bridgehead atoms. The molecule has 0 heterocycles. The highest BCUT2D eigenvalue weighted by atomic mass is 79.9. The van der Waals surface area contributed by atoms with E-state index in [1.807, 2.05) is 24.3 Å². The van der Waals surface area contributed by atoms with Gasteiger partial charge in [0, 0.05) is 11.1 Å². The third kappa shape index (κ3) is 4.67. The number of rotatable bonds is 6. The van der Waals surface area contributed by atoms with Crippen molar-refractivity contribution in [2.75, 3.05) is 13.2 Å². The van der Waals surface area contributed by atoms with E-state index in [0.717, 1.165) is 23.1 Å². The van der Waals surface area contributed by atoms with Gasteiger partial charge >= 0.3 is 0 Å². The molecule has 0 amide bonds. The third-order valence-corrected chi connectivity index (χ3v) is 2.92. The number of hydrogen-bond donors (Lipinski definition) is 1. The summed E-state index contributed by atoms with van der Waals surface area (Å²) >= 11 is 3.39. The lowest BCUT2D eigenvalue weighted by atomic mass is 10.0. The number of ether oxygens (including phenoxy) is 1. The van der Waals surface area contributed by atoms with Crippen molar-refractivity contribution in [3.05, 3.63) is 28.7 Å². The highest BCUT2D eigenvalue weighted by Gasteiger charge is 2.04. The molecule has 0 aliphatic heterocycles. The second kappa shape index (κ2) is 6.85. The molecule has 0 fully saturated rings. The van der Waals surface area contributed by atoms with E-state index in [1.54, 1.807) is 0 Å². The standard InChI is InChI=1S/C12H17BrO2/c1-2-10(9-14)6-7-15-12-5-3-4-11(13)8-12/h3-5,8,10,14H,2,6-7,9H2,1H3. The molecule has 1 N–H and O–H groups in total. The molecular weight excluding hydrogens is 256 g/mol. The summed E-state index contributed by atoms with van der Waals surface area (Å²) in [4.78, 5) is 0. The van der Waals surface area contributed by atoms with Crippen LogP contribution >= 0.6 is 15.9 Å². The molecule has 15 heavy (non-hydrogen) atoms. The fraction of sp³-hybridized carbons (Fsp3) is 0.500. The first-order valence-corrected chi connectivity index (χ1v) is 6.04. The lowest BCUT2D eigenvalue weighted by Gasteiger charge is -2.12. The van der Waals surface area contributed by atoms with Crippen LogP contribution in [0.4, 0.5) is 0 Å². The minimum Gasteiger partial charge on any atom is -0.494 e. The quantitative estimate of drug-likeness (QED) is 0.862. The van der Waals surface area contributed by atoms with Gasteiger partial charge in [-0.25, -0.2) is 0 Å². The Hall–Kier alpha value is -0.540. The minimum absolute atomic E-state index is 0.248. The van der Waals surface area contributed by atoms with Crippen LogP contribution in [0, 0.1) is 5.92 Å². The Morgan fingerprint density at radius 1 is 1.47 bits per heavy atom. The first-order valence-electron chi connectivity index (χ1n) is 5.25. The second-order valence-corrected chi connectivity index (χ2v) is 4.47. The van der Waals surface area contributed by atoms with Gasteiger partial charge in [0.25, 0.3) is 0 Å². The topological polar surface area (TPSA) is 29.5 Å². The van der Waals surface area contributed by atoms with Crippen LogP contribution in [0.5, 0.6) is 5.75 Å². The average Bonchev–Trinajstić information content (AvgIpc) is 2.25. The van der Waals surface area contributed by atoms with Gasteiger partial charge in [-0.05, 0) is 30.5 Å². The van der Waals surface area contributed by atoms with Crippen molar-refractivity contribution in [1.29, 1.82) is 0 Å². The van der Waals surface area contributed by atoms with Gasteiger partial charge in [0.1, 0.15) is 5.75 Å². The molecule has 1 unspecified atom stereocenters. The van der Waals surface area contributed by atoms with Crippen molar-refractivity contribution < 1.29 is 9.84 Å². The molecule has 1 aromatic carbocycles. The van der Waals surface area contributed by atoms with Crippen LogP contribution in [0.15, 0.2) is 28.7 Å². The molecule has 1 aromatic rings. The summed E-state index contributed by atoms with van der Waals surface area (Å²) < 4.78 is 6.60. The predicted octanol–water partition coefficient (Wildman–Crippen LogP) is 3.24. The van der Waals surface area contributed by atoms with Gasteiger partial charge < -0.3 is 9.84 Å². The summed E-state index contributed by atoms with van der Waals surface area (Å²) in [5.41, 5.74) is 0. The van der Waals surface area contributed by atoms with Crippen molar-refractivity contribution in [3.8, 4) is 5.75 Å². The van der Waals surface area contributed by atoms with E-state index in [4.69, 9.17) is 9.84 Å². The van der Waals surface area contributed by atoms with Crippen LogP contribution in [-0.2, 0) is 0 Å². The second-order valence-electron chi connectivity index (χ2n) is 3.55. The zero-order chi connectivity index (χ0) is 11.1. The Bertz CT molecular complexity index is 285. The molecule has 1 rings (SSSR count). The molecular formula is C12H17BrO2. The summed E-state index contributed by atoms with van der Waals surface area (Å²) in [6.07, 6.45) is 1.90. The molecule has 0 saturated heterocycles. The number of halogens is 1. The van der Waals surface area contributed by atoms with Crippen LogP contribution in [0.1, 0.15) is 19.8 Å². The zero-order valence-corrected chi connectivity index (χ0v) is 10.5. The third-order valence-electron chi connectivity index (χ3n) is 2.43. The summed E-state index contributed by atoms with van der Waals surface area (Å²) in [5.74, 6) is 1.23. The molecule has 0 radical (unpaired) electrons. The van der Waals surface area contributed by atoms with Crippen molar-refractivity contribution in [1.82, 2.24) is 0 Å². The van der Waals surface area contributed by atoms with E-state index in [9.17, 15) is 0 Å². The molecule has 84 valence electrons. The minimum atomic E-state index is 0.248. The molecule has 0 saturated carbocycles. The largest absolute Gasteiger partial charge is 0.494 e. The lowest BCUT2D eigenvalue weighted by Crippen LogP contribution is -2.09. The first kappa shape index (κ1) is 12.5. The maximum Gasteiger partial charge on any atom is 0.120 e. The average molecular weight is 273 g/mol. The van der Waals surface area contributed by atoms with Gasteiger partial charge in [0.15, 0.2) is 0 Å². The highest BCUT2D eigenvalue weighted by molar-refractivity contribution is 9.10. The Morgan fingerprint density at radius 3 is 2.87 bits per heavy atom. The molecule has 0 aliphatic carbocycles. The maximum absolute atomic E-state index is 9.00. The number of benzene rings is 1. The van der Waals surface area contributed by atoms with Gasteiger partial charge in [-0.1, -0.05) is 35.3 Å². The van der Waals surface area contributed by atoms with Crippen molar-refractivity contribution in [2.45, 2.75) is 19.8 Å². The molecule has 0 aromatic heterocycles. The predicted molar refractivity (Wildman–Crippen MR) is 65.1 cm³/mol. The SMILES string of the molecule is CCC(CO)CCOc1cccc(Br)c1. The smallest absolute Gasteiger partial charge is 0.120 e. The Labute approximate surface area is 99.4 Å². The van der Waals surface area contributed by atoms with Gasteiger partial charge in [-0.15, -0.1) is 0 Å². The van der Waals surface area contributed by atoms with E-state index in [-0.39, 0.29) is 6.61 Å². The monoisotopic (exact) mass is 272 g/mol. The Balaban J connectivity index is 2.31. The van der Waals surface area contributed by atoms with Crippen LogP contribution in [0.2, 0.25) is 0 Å². The zero-order valence-electron chi connectivity index (χ0n) is 8.95. The van der Waals surface area contributed by atoms with Crippen LogP contribution in [0.3, 0.4) is 0 Å². The molecule has 2 nitrogen and oxygen atoms in total. The van der Waals surface area contributed by atoms with E-state index in [1.165, 1.54) is 0 Å². The normalized spacial score (nSPS) is 12.5. The molecule has 0 aliphatic rings. The van der Waals surface area contributed by atoms with Crippen molar-refractivity contribution >= 4 is 15.9 Å². The van der Waals surface area contributed by atoms with Gasteiger partial charge in [0.2, 0.25) is 0 Å². The fourth-order valence-electron chi connectivity index (χ4n) is 1.32. The number of aliphatic hydroxyl groups excluding tert-OH is 1. The van der Waals surface area contributed by atoms with Crippen molar-refractivity contribution in [3.63, 3.8) is 0 Å². The van der Waals surface area contributed by atoms with Crippen LogP contribution < -0.4 is 4.74 Å². The van der Waals surface area contributed by atoms with Gasteiger partial charge in [-0.2, -0.15) is 0 Å². The van der Waals surface area contributed by atoms with Gasteiger partial charge in [-0.3, -0.25) is 0 Å². The first-order chi connectivity index (χ1) is 7.26. The Kier molecular flexibility index (Phi) is 5.73. The molecule has 1 atom stereocenters. The maximum atomic E-state index is 9.00. The summed E-state index contributed by atoms with van der Waals surface area (Å²) in [5, 5.41) is 9.00. The van der Waals surface area contributed by atoms with E-state index < -0.39 is 0 Å². The van der Waals surface area contributed by atoms with Crippen LogP contribution in [-0.4, -0.2) is 18.3 Å². The van der Waals surface area contributed by atoms with E-state index in [2.05, 4.69) is 22.9 Å². The fourth-order valence-corrected chi connectivity index (χ4v) is 1.70. The van der Waals surface area contributed by atoms with Crippen LogP contribution in [0.25, 0.3) is 0 Å².